The number of carbonyl (C=O) groups excluding carboxylic acids is 2. The third-order valence-corrected chi connectivity index (χ3v) is 5.17. The summed E-state index contributed by atoms with van der Waals surface area (Å²) in [7, 11) is 0. The van der Waals surface area contributed by atoms with Gasteiger partial charge in [-0.05, 0) is 70.9 Å². The van der Waals surface area contributed by atoms with Crippen molar-refractivity contribution in [2.45, 2.75) is 58.9 Å². The molecule has 7 heteroatoms. The molecule has 1 saturated carbocycles. The Morgan fingerprint density at radius 1 is 1.07 bits per heavy atom. The van der Waals surface area contributed by atoms with Crippen LogP contribution >= 0.6 is 0 Å². The van der Waals surface area contributed by atoms with Crippen LogP contribution in [0.3, 0.4) is 0 Å². The Morgan fingerprint density at radius 3 is 2.20 bits per heavy atom. The summed E-state index contributed by atoms with van der Waals surface area (Å²) < 4.78 is 1.92. The minimum Gasteiger partial charge on any atom is -0.326 e. The fraction of sp³-hybridized carbons (Fsp3) is 0.391. The quantitative estimate of drug-likeness (QED) is 0.665. The molecular weight excluding hydrogens is 378 g/mol. The summed E-state index contributed by atoms with van der Waals surface area (Å²) in [5.41, 5.74) is 4.21. The maximum atomic E-state index is 13.3. The first kappa shape index (κ1) is 20.1. The van der Waals surface area contributed by atoms with Crippen LogP contribution in [0.4, 0.5) is 11.4 Å². The largest absolute Gasteiger partial charge is 0.326 e. The number of anilines is 2. The average molecular weight is 406 g/mol. The van der Waals surface area contributed by atoms with Crippen LogP contribution in [-0.2, 0) is 10.3 Å². The predicted octanol–water partition coefficient (Wildman–Crippen LogP) is 4.58. The molecule has 2 aromatic heterocycles. The van der Waals surface area contributed by atoms with Gasteiger partial charge in [0, 0.05) is 29.9 Å². The van der Waals surface area contributed by atoms with Gasteiger partial charge in [0.1, 0.15) is 0 Å². The molecule has 0 atom stereocenters. The van der Waals surface area contributed by atoms with Crippen LogP contribution in [0.1, 0.15) is 68.2 Å². The van der Waals surface area contributed by atoms with Gasteiger partial charge in [0.2, 0.25) is 5.91 Å². The van der Waals surface area contributed by atoms with Gasteiger partial charge in [-0.25, -0.2) is 9.67 Å². The lowest BCUT2D eigenvalue weighted by Gasteiger charge is -2.20. The zero-order chi connectivity index (χ0) is 21.6. The Bertz CT molecular complexity index is 1140. The van der Waals surface area contributed by atoms with Gasteiger partial charge < -0.3 is 10.6 Å². The Labute approximate surface area is 175 Å². The van der Waals surface area contributed by atoms with Crippen molar-refractivity contribution < 1.29 is 9.59 Å². The lowest BCUT2D eigenvalue weighted by molar-refractivity contribution is -0.114. The van der Waals surface area contributed by atoms with E-state index in [1.54, 1.807) is 24.3 Å². The highest BCUT2D eigenvalue weighted by Gasteiger charge is 2.30. The molecule has 2 heterocycles. The van der Waals surface area contributed by atoms with Gasteiger partial charge in [-0.15, -0.1) is 0 Å². The zero-order valence-corrected chi connectivity index (χ0v) is 18.0. The molecule has 0 radical (unpaired) electrons. The minimum absolute atomic E-state index is 0.134. The molecule has 1 aromatic carbocycles. The van der Waals surface area contributed by atoms with E-state index >= 15 is 0 Å². The molecule has 3 aromatic rings. The van der Waals surface area contributed by atoms with Crippen molar-refractivity contribution in [1.29, 1.82) is 0 Å². The van der Waals surface area contributed by atoms with Crippen LogP contribution in [0.15, 0.2) is 30.3 Å². The number of aryl methyl sites for hydroxylation is 1. The van der Waals surface area contributed by atoms with Gasteiger partial charge in [0.25, 0.3) is 5.91 Å². The number of amides is 2. The number of fused-ring (bicyclic) bond motifs is 1. The van der Waals surface area contributed by atoms with Crippen molar-refractivity contribution >= 4 is 34.2 Å². The van der Waals surface area contributed by atoms with E-state index < -0.39 is 0 Å². The van der Waals surface area contributed by atoms with Gasteiger partial charge in [-0.1, -0.05) is 0 Å². The molecule has 156 valence electrons. The summed E-state index contributed by atoms with van der Waals surface area (Å²) in [6.45, 7) is 9.63. The Kier molecular flexibility index (Phi) is 4.84. The SMILES string of the molecule is CC(=O)Nc1ccc(NC(=O)c2cc(C3CC3)nc3c2c(C)nn3C(C)(C)C)cc1. The Morgan fingerprint density at radius 2 is 1.67 bits per heavy atom. The summed E-state index contributed by atoms with van der Waals surface area (Å²) in [5.74, 6) is 0.0968. The second-order valence-corrected chi connectivity index (χ2v) is 8.95. The minimum atomic E-state index is -0.241. The molecule has 4 rings (SSSR count). The van der Waals surface area contributed by atoms with E-state index in [9.17, 15) is 9.59 Å². The van der Waals surface area contributed by atoms with Crippen molar-refractivity contribution in [3.8, 4) is 0 Å². The van der Waals surface area contributed by atoms with Crippen LogP contribution < -0.4 is 10.6 Å². The monoisotopic (exact) mass is 405 g/mol. The molecule has 0 unspecified atom stereocenters. The number of benzene rings is 1. The molecule has 0 bridgehead atoms. The van der Waals surface area contributed by atoms with Crippen LogP contribution in [0.25, 0.3) is 11.0 Å². The van der Waals surface area contributed by atoms with E-state index in [4.69, 9.17) is 10.1 Å². The van der Waals surface area contributed by atoms with Crippen molar-refractivity contribution in [3.05, 3.63) is 47.3 Å². The van der Waals surface area contributed by atoms with Crippen molar-refractivity contribution in [1.82, 2.24) is 14.8 Å². The first-order chi connectivity index (χ1) is 14.1. The molecule has 1 fully saturated rings. The maximum Gasteiger partial charge on any atom is 0.256 e. The van der Waals surface area contributed by atoms with E-state index in [0.29, 0.717) is 22.9 Å². The smallest absolute Gasteiger partial charge is 0.256 e. The molecule has 1 aliphatic carbocycles. The summed E-state index contributed by atoms with van der Waals surface area (Å²) in [4.78, 5) is 29.3. The lowest BCUT2D eigenvalue weighted by atomic mass is 10.1. The third kappa shape index (κ3) is 3.92. The maximum absolute atomic E-state index is 13.3. The summed E-state index contributed by atoms with van der Waals surface area (Å²) >= 11 is 0. The highest BCUT2D eigenvalue weighted by molar-refractivity contribution is 6.12. The van der Waals surface area contributed by atoms with Gasteiger partial charge in [-0.3, -0.25) is 9.59 Å². The first-order valence-corrected chi connectivity index (χ1v) is 10.2. The van der Waals surface area contributed by atoms with Crippen LogP contribution in [0.2, 0.25) is 0 Å². The summed E-state index contributed by atoms with van der Waals surface area (Å²) in [5, 5.41) is 11.2. The van der Waals surface area contributed by atoms with Gasteiger partial charge in [0.15, 0.2) is 5.65 Å². The number of carbonyl (C=O) groups is 2. The predicted molar refractivity (Wildman–Crippen MR) is 118 cm³/mol. The van der Waals surface area contributed by atoms with Crippen LogP contribution in [0.5, 0.6) is 0 Å². The second-order valence-electron chi connectivity index (χ2n) is 8.95. The van der Waals surface area contributed by atoms with E-state index in [0.717, 1.165) is 35.3 Å². The number of hydrogen-bond acceptors (Lipinski definition) is 4. The standard InChI is InChI=1S/C23H27N5O2/c1-13-20-18(22(30)25-17-10-8-16(9-11-17)24-14(2)29)12-19(15-6-7-15)26-21(20)28(27-13)23(3,4)5/h8-12,15H,6-7H2,1-5H3,(H,24,29)(H,25,30). The second kappa shape index (κ2) is 7.23. The van der Waals surface area contributed by atoms with Gasteiger partial charge in [0.05, 0.1) is 22.2 Å². The van der Waals surface area contributed by atoms with E-state index in [1.165, 1.54) is 6.92 Å². The molecule has 2 amide bonds. The van der Waals surface area contributed by atoms with E-state index in [1.807, 2.05) is 17.7 Å². The molecule has 2 N–H and O–H groups in total. The Hall–Kier alpha value is -3.22. The molecule has 0 saturated heterocycles. The summed E-state index contributed by atoms with van der Waals surface area (Å²) in [6.07, 6.45) is 2.21. The lowest BCUT2D eigenvalue weighted by Crippen LogP contribution is -2.23. The van der Waals surface area contributed by atoms with Crippen molar-refractivity contribution in [3.63, 3.8) is 0 Å². The molecule has 30 heavy (non-hydrogen) atoms. The van der Waals surface area contributed by atoms with Crippen LogP contribution in [-0.4, -0.2) is 26.6 Å². The number of aromatic nitrogens is 3. The van der Waals surface area contributed by atoms with E-state index in [-0.39, 0.29) is 17.4 Å². The fourth-order valence-corrected chi connectivity index (χ4v) is 3.58. The number of rotatable bonds is 4. The highest BCUT2D eigenvalue weighted by atomic mass is 16.2. The molecule has 7 nitrogen and oxygen atoms in total. The Balaban J connectivity index is 1.73. The molecular formula is C23H27N5O2. The van der Waals surface area contributed by atoms with E-state index in [2.05, 4.69) is 31.4 Å². The average Bonchev–Trinajstić information content (AvgIpc) is 3.45. The normalized spacial score (nSPS) is 14.0. The topological polar surface area (TPSA) is 88.9 Å². The highest BCUT2D eigenvalue weighted by Crippen LogP contribution is 2.41. The summed E-state index contributed by atoms with van der Waals surface area (Å²) in [6, 6.07) is 8.99. The zero-order valence-electron chi connectivity index (χ0n) is 18.0. The third-order valence-electron chi connectivity index (χ3n) is 5.17. The van der Waals surface area contributed by atoms with Crippen molar-refractivity contribution in [2.75, 3.05) is 10.6 Å². The number of nitrogens with zero attached hydrogens (tertiary/aromatic N) is 3. The molecule has 1 aliphatic rings. The molecule has 0 aliphatic heterocycles. The van der Waals surface area contributed by atoms with Gasteiger partial charge >= 0.3 is 0 Å². The molecule has 0 spiro atoms. The number of pyridine rings is 1. The first-order valence-electron chi connectivity index (χ1n) is 10.2. The van der Waals surface area contributed by atoms with Crippen molar-refractivity contribution in [2.24, 2.45) is 0 Å². The van der Waals surface area contributed by atoms with Crippen LogP contribution in [0, 0.1) is 6.92 Å². The fourth-order valence-electron chi connectivity index (χ4n) is 3.58. The van der Waals surface area contributed by atoms with Gasteiger partial charge in [-0.2, -0.15) is 5.10 Å². The number of nitrogens with one attached hydrogen (secondary N) is 2. The number of hydrogen-bond donors (Lipinski definition) is 2.